The monoisotopic (exact) mass is 525 g/mol. The summed E-state index contributed by atoms with van der Waals surface area (Å²) in [6.45, 7) is 14.3. The zero-order valence-electron chi connectivity index (χ0n) is 22.9. The summed E-state index contributed by atoms with van der Waals surface area (Å²) in [4.78, 5) is 41.7. The minimum Gasteiger partial charge on any atom is -0.508 e. The van der Waals surface area contributed by atoms with E-state index in [-0.39, 0.29) is 24.5 Å². The number of amides is 3. The van der Waals surface area contributed by atoms with Gasteiger partial charge in [0.05, 0.1) is 0 Å². The van der Waals surface area contributed by atoms with Crippen LogP contribution in [-0.4, -0.2) is 56.7 Å². The van der Waals surface area contributed by atoms with Crippen LogP contribution in [0.5, 0.6) is 11.5 Å². The van der Waals surface area contributed by atoms with Crippen LogP contribution in [0.4, 0.5) is 4.79 Å². The van der Waals surface area contributed by atoms with Gasteiger partial charge in [0.25, 0.3) is 0 Å². The number of phenolic OH excluding ortho intramolecular Hbond substituents is 2. The smallest absolute Gasteiger partial charge is 0.408 e. The molecule has 0 radical (unpaired) electrons. The van der Waals surface area contributed by atoms with E-state index in [1.165, 1.54) is 35.2 Å². The zero-order valence-corrected chi connectivity index (χ0v) is 22.9. The van der Waals surface area contributed by atoms with Crippen molar-refractivity contribution in [1.29, 1.82) is 0 Å². The Morgan fingerprint density at radius 2 is 1.63 bits per heavy atom. The number of rotatable bonds is 9. The van der Waals surface area contributed by atoms with Crippen molar-refractivity contribution in [3.63, 3.8) is 0 Å². The lowest BCUT2D eigenvalue weighted by Crippen LogP contribution is -2.55. The number of nitrogens with one attached hydrogen (secondary N) is 2. The first-order valence-corrected chi connectivity index (χ1v) is 12.4. The number of carbonyl (C=O) groups excluding carboxylic acids is 3. The molecule has 2 atom stereocenters. The van der Waals surface area contributed by atoms with Gasteiger partial charge in [-0.3, -0.25) is 9.59 Å². The fourth-order valence-corrected chi connectivity index (χ4v) is 3.79. The predicted molar refractivity (Wildman–Crippen MR) is 146 cm³/mol. The number of aromatic hydroxyl groups is 2. The predicted octanol–water partition coefficient (Wildman–Crippen LogP) is 4.20. The van der Waals surface area contributed by atoms with Crippen molar-refractivity contribution in [2.75, 3.05) is 6.54 Å². The Labute approximate surface area is 224 Å². The van der Waals surface area contributed by atoms with Gasteiger partial charge in [-0.05, 0) is 76.9 Å². The quantitative estimate of drug-likeness (QED) is 0.363. The highest BCUT2D eigenvalue weighted by atomic mass is 16.6. The van der Waals surface area contributed by atoms with Crippen molar-refractivity contribution in [3.05, 3.63) is 72.3 Å². The first kappa shape index (κ1) is 30.2. The van der Waals surface area contributed by atoms with Crippen molar-refractivity contribution < 1.29 is 29.3 Å². The Kier molecular flexibility index (Phi) is 9.93. The normalized spacial score (nSPS) is 13.1. The van der Waals surface area contributed by atoms with Crippen LogP contribution in [0, 0.1) is 0 Å². The number of ether oxygens (including phenoxy) is 1. The first-order chi connectivity index (χ1) is 17.6. The Morgan fingerprint density at radius 3 is 2.16 bits per heavy atom. The molecule has 0 aliphatic carbocycles. The molecule has 0 bridgehead atoms. The molecule has 3 amide bonds. The summed E-state index contributed by atoms with van der Waals surface area (Å²) < 4.78 is 5.40. The van der Waals surface area contributed by atoms with Crippen LogP contribution in [0.2, 0.25) is 0 Å². The molecule has 0 spiro atoms. The summed E-state index contributed by atoms with van der Waals surface area (Å²) in [7, 11) is 0. The lowest BCUT2D eigenvalue weighted by atomic mass is 9.99. The molecule has 0 aromatic heterocycles. The minimum atomic E-state index is -1.13. The molecule has 2 unspecified atom stereocenters. The maximum atomic E-state index is 14.1. The molecule has 2 aromatic carbocycles. The molecule has 0 heterocycles. The molecule has 0 saturated heterocycles. The Balaban J connectivity index is 2.55. The molecule has 9 heteroatoms. The van der Waals surface area contributed by atoms with Crippen LogP contribution in [-0.2, 0) is 20.7 Å². The van der Waals surface area contributed by atoms with Gasteiger partial charge in [-0.2, -0.15) is 0 Å². The molecular weight excluding hydrogens is 486 g/mol. The molecule has 9 nitrogen and oxygen atoms in total. The van der Waals surface area contributed by atoms with Crippen molar-refractivity contribution in [2.45, 2.75) is 71.2 Å². The average molecular weight is 526 g/mol. The van der Waals surface area contributed by atoms with Gasteiger partial charge in [0.2, 0.25) is 11.8 Å². The second-order valence-corrected chi connectivity index (χ2v) is 11.1. The van der Waals surface area contributed by atoms with Gasteiger partial charge in [0.1, 0.15) is 29.2 Å². The summed E-state index contributed by atoms with van der Waals surface area (Å²) in [5.41, 5.74) is -0.338. The topological polar surface area (TPSA) is 128 Å². The third-order valence-corrected chi connectivity index (χ3v) is 5.22. The van der Waals surface area contributed by atoms with Crippen LogP contribution in [0.3, 0.4) is 0 Å². The number of alkyl carbamates (subject to hydrolysis) is 1. The van der Waals surface area contributed by atoms with Gasteiger partial charge in [-0.15, -0.1) is 6.58 Å². The summed E-state index contributed by atoms with van der Waals surface area (Å²) in [5, 5.41) is 25.4. The Bertz CT molecular complexity index is 1130. The molecule has 0 fully saturated rings. The van der Waals surface area contributed by atoms with E-state index in [0.717, 1.165) is 0 Å². The minimum absolute atomic E-state index is 0.0151. The summed E-state index contributed by atoms with van der Waals surface area (Å²) in [6, 6.07) is 10.1. The number of hydrogen-bond acceptors (Lipinski definition) is 6. The molecule has 38 heavy (non-hydrogen) atoms. The van der Waals surface area contributed by atoms with E-state index < -0.39 is 41.1 Å². The lowest BCUT2D eigenvalue weighted by Gasteiger charge is -2.35. The van der Waals surface area contributed by atoms with Crippen molar-refractivity contribution >= 4 is 17.9 Å². The number of phenols is 2. The SMILES string of the molecule is C=CCN(C(=O)C(Cc1ccc(O)cc1)NC(=O)OC(C)(C)C)C(C(=O)NC(C)(C)C)c1cccc(O)c1. The van der Waals surface area contributed by atoms with Crippen molar-refractivity contribution in [2.24, 2.45) is 0 Å². The van der Waals surface area contributed by atoms with Crippen LogP contribution < -0.4 is 10.6 Å². The zero-order chi connectivity index (χ0) is 28.7. The fraction of sp³-hybridized carbons (Fsp3) is 0.414. The van der Waals surface area contributed by atoms with Gasteiger partial charge in [-0.1, -0.05) is 30.3 Å². The molecule has 2 aromatic rings. The van der Waals surface area contributed by atoms with E-state index >= 15 is 0 Å². The van der Waals surface area contributed by atoms with Crippen LogP contribution in [0.25, 0.3) is 0 Å². The third-order valence-electron chi connectivity index (χ3n) is 5.22. The van der Waals surface area contributed by atoms with Crippen LogP contribution >= 0.6 is 0 Å². The Morgan fingerprint density at radius 1 is 1.00 bits per heavy atom. The van der Waals surface area contributed by atoms with E-state index in [0.29, 0.717) is 11.1 Å². The third kappa shape index (κ3) is 9.46. The van der Waals surface area contributed by atoms with Crippen LogP contribution in [0.15, 0.2) is 61.2 Å². The van der Waals surface area contributed by atoms with E-state index in [9.17, 15) is 24.6 Å². The highest BCUT2D eigenvalue weighted by Crippen LogP contribution is 2.27. The van der Waals surface area contributed by atoms with Crippen molar-refractivity contribution in [3.8, 4) is 11.5 Å². The second-order valence-electron chi connectivity index (χ2n) is 11.1. The number of benzene rings is 2. The molecule has 206 valence electrons. The van der Waals surface area contributed by atoms with E-state index in [1.54, 1.807) is 45.0 Å². The van der Waals surface area contributed by atoms with E-state index in [4.69, 9.17) is 4.74 Å². The summed E-state index contributed by atoms with van der Waals surface area (Å²) in [6.07, 6.45) is 0.768. The highest BCUT2D eigenvalue weighted by Gasteiger charge is 2.37. The number of carbonyl (C=O) groups is 3. The summed E-state index contributed by atoms with van der Waals surface area (Å²) >= 11 is 0. The summed E-state index contributed by atoms with van der Waals surface area (Å²) in [5.74, 6) is -1.01. The molecule has 2 rings (SSSR count). The number of hydrogen-bond donors (Lipinski definition) is 4. The van der Waals surface area contributed by atoms with E-state index in [2.05, 4.69) is 17.2 Å². The van der Waals surface area contributed by atoms with Crippen molar-refractivity contribution in [1.82, 2.24) is 15.5 Å². The molecule has 0 aliphatic heterocycles. The highest BCUT2D eigenvalue weighted by molar-refractivity contribution is 5.92. The van der Waals surface area contributed by atoms with Gasteiger partial charge < -0.3 is 30.5 Å². The van der Waals surface area contributed by atoms with Gasteiger partial charge in [0, 0.05) is 18.5 Å². The Hall–Kier alpha value is -4.01. The second kappa shape index (κ2) is 12.5. The van der Waals surface area contributed by atoms with Gasteiger partial charge in [0.15, 0.2) is 0 Å². The van der Waals surface area contributed by atoms with Gasteiger partial charge in [-0.25, -0.2) is 4.79 Å². The average Bonchev–Trinajstić information content (AvgIpc) is 2.77. The largest absolute Gasteiger partial charge is 0.508 e. The van der Waals surface area contributed by atoms with E-state index in [1.807, 2.05) is 20.8 Å². The van der Waals surface area contributed by atoms with Gasteiger partial charge >= 0.3 is 6.09 Å². The fourth-order valence-electron chi connectivity index (χ4n) is 3.79. The first-order valence-electron chi connectivity index (χ1n) is 12.4. The lowest BCUT2D eigenvalue weighted by molar-refractivity contribution is -0.142. The maximum absolute atomic E-state index is 14.1. The standard InChI is InChI=1S/C29H39N3O6/c1-8-16-32(24(25(35)31-28(2,3)4)20-10-9-11-22(34)18-20)26(36)23(30-27(37)38-29(5,6)7)17-19-12-14-21(33)15-13-19/h8-15,18,23-24,33-34H,1,16-17H2,2-7H3,(H,30,37)(H,31,35). The van der Waals surface area contributed by atoms with Crippen LogP contribution in [0.1, 0.15) is 58.7 Å². The molecule has 4 N–H and O–H groups in total. The maximum Gasteiger partial charge on any atom is 0.408 e. The molecule has 0 aliphatic rings. The molecule has 0 saturated carbocycles. The molecular formula is C29H39N3O6. The number of nitrogens with zero attached hydrogens (tertiary/aromatic N) is 1.